The van der Waals surface area contributed by atoms with Gasteiger partial charge < -0.3 is 18.9 Å². The highest BCUT2D eigenvalue weighted by molar-refractivity contribution is 9.10. The molecule has 0 bridgehead atoms. The summed E-state index contributed by atoms with van der Waals surface area (Å²) in [6.07, 6.45) is 1.75. The summed E-state index contributed by atoms with van der Waals surface area (Å²) in [5, 5.41) is 1.03. The van der Waals surface area contributed by atoms with E-state index in [1.54, 1.807) is 30.3 Å². The number of aromatic nitrogens is 1. The standard InChI is InChI=1S/C23H22BrNO6/c1-3-4-9-29-21-17-11-15(24)6-7-16(17)22(26)25(20(21)23(27)28-2)12-14-5-8-18-19(10-14)31-13-30-18/h5-8,10-11H,3-4,9,12-13H2,1-2H3. The monoisotopic (exact) mass is 487 g/mol. The van der Waals surface area contributed by atoms with Crippen LogP contribution in [0.5, 0.6) is 17.2 Å². The second-order valence-electron chi connectivity index (χ2n) is 7.14. The molecule has 1 aromatic heterocycles. The molecule has 2 aromatic carbocycles. The van der Waals surface area contributed by atoms with Gasteiger partial charge in [-0.1, -0.05) is 35.3 Å². The molecule has 0 N–H and O–H groups in total. The zero-order valence-corrected chi connectivity index (χ0v) is 18.9. The summed E-state index contributed by atoms with van der Waals surface area (Å²) in [4.78, 5) is 26.3. The van der Waals surface area contributed by atoms with Gasteiger partial charge in [-0.05, 0) is 42.3 Å². The number of carbonyl (C=O) groups is 1. The van der Waals surface area contributed by atoms with Gasteiger partial charge in [0.1, 0.15) is 0 Å². The summed E-state index contributed by atoms with van der Waals surface area (Å²) < 4.78 is 24.1. The van der Waals surface area contributed by atoms with E-state index in [1.807, 2.05) is 6.07 Å². The van der Waals surface area contributed by atoms with Gasteiger partial charge in [-0.2, -0.15) is 0 Å². The van der Waals surface area contributed by atoms with Crippen molar-refractivity contribution in [3.63, 3.8) is 0 Å². The highest BCUT2D eigenvalue weighted by Crippen LogP contribution is 2.34. The predicted octanol–water partition coefficient (Wildman–Crippen LogP) is 4.51. The lowest BCUT2D eigenvalue weighted by molar-refractivity contribution is 0.0582. The van der Waals surface area contributed by atoms with E-state index in [0.717, 1.165) is 22.9 Å². The molecule has 0 aliphatic carbocycles. The highest BCUT2D eigenvalue weighted by atomic mass is 79.9. The van der Waals surface area contributed by atoms with Gasteiger partial charge in [-0.25, -0.2) is 4.79 Å². The number of unbranched alkanes of at least 4 members (excludes halogenated alkanes) is 1. The average molecular weight is 488 g/mol. The average Bonchev–Trinajstić information content (AvgIpc) is 3.24. The summed E-state index contributed by atoms with van der Waals surface area (Å²) >= 11 is 3.45. The predicted molar refractivity (Wildman–Crippen MR) is 119 cm³/mol. The third kappa shape index (κ3) is 4.12. The molecule has 7 nitrogen and oxygen atoms in total. The number of fused-ring (bicyclic) bond motifs is 2. The van der Waals surface area contributed by atoms with Gasteiger partial charge in [0.05, 0.1) is 25.6 Å². The Labute approximate surface area is 187 Å². The third-order valence-corrected chi connectivity index (χ3v) is 5.58. The first-order valence-electron chi connectivity index (χ1n) is 9.99. The zero-order chi connectivity index (χ0) is 22.0. The Hall–Kier alpha value is -3.00. The second-order valence-corrected chi connectivity index (χ2v) is 8.06. The summed E-state index contributed by atoms with van der Waals surface area (Å²) in [7, 11) is 1.29. The van der Waals surface area contributed by atoms with Crippen molar-refractivity contribution >= 4 is 32.7 Å². The second kappa shape index (κ2) is 9.01. The Kier molecular flexibility index (Phi) is 6.18. The van der Waals surface area contributed by atoms with Gasteiger partial charge in [-0.3, -0.25) is 9.36 Å². The van der Waals surface area contributed by atoms with E-state index in [1.165, 1.54) is 11.7 Å². The van der Waals surface area contributed by atoms with Crippen LogP contribution in [0.4, 0.5) is 0 Å². The maximum Gasteiger partial charge on any atom is 0.358 e. The minimum atomic E-state index is -0.633. The molecule has 3 aromatic rings. The minimum absolute atomic E-state index is 0.0897. The maximum absolute atomic E-state index is 13.4. The molecule has 1 aliphatic rings. The number of esters is 1. The van der Waals surface area contributed by atoms with E-state index in [-0.39, 0.29) is 24.6 Å². The topological polar surface area (TPSA) is 76.0 Å². The maximum atomic E-state index is 13.4. The van der Waals surface area contributed by atoms with Crippen molar-refractivity contribution in [1.29, 1.82) is 0 Å². The van der Waals surface area contributed by atoms with E-state index >= 15 is 0 Å². The molecule has 0 radical (unpaired) electrons. The van der Waals surface area contributed by atoms with E-state index in [9.17, 15) is 9.59 Å². The number of pyridine rings is 1. The molecule has 0 saturated heterocycles. The number of nitrogens with zero attached hydrogens (tertiary/aromatic N) is 1. The molecule has 1 aliphatic heterocycles. The summed E-state index contributed by atoms with van der Waals surface area (Å²) in [6.45, 7) is 2.78. The van der Waals surface area contributed by atoms with Crippen molar-refractivity contribution in [1.82, 2.24) is 4.57 Å². The first-order valence-corrected chi connectivity index (χ1v) is 10.8. The molecule has 4 rings (SSSR count). The fraction of sp³-hybridized carbons (Fsp3) is 0.304. The number of hydrogen-bond acceptors (Lipinski definition) is 6. The lowest BCUT2D eigenvalue weighted by Crippen LogP contribution is -2.28. The van der Waals surface area contributed by atoms with Crippen LogP contribution in [0.25, 0.3) is 10.8 Å². The van der Waals surface area contributed by atoms with Crippen LogP contribution in [-0.4, -0.2) is 31.0 Å². The highest BCUT2D eigenvalue weighted by Gasteiger charge is 2.25. The van der Waals surface area contributed by atoms with Crippen LogP contribution in [0, 0.1) is 0 Å². The van der Waals surface area contributed by atoms with Crippen LogP contribution in [0.2, 0.25) is 0 Å². The molecule has 2 heterocycles. The quantitative estimate of drug-likeness (QED) is 0.360. The van der Waals surface area contributed by atoms with Gasteiger partial charge in [0, 0.05) is 9.86 Å². The lowest BCUT2D eigenvalue weighted by atomic mass is 10.1. The van der Waals surface area contributed by atoms with Crippen molar-refractivity contribution in [3.8, 4) is 17.2 Å². The molecule has 8 heteroatoms. The fourth-order valence-corrected chi connectivity index (χ4v) is 3.89. The van der Waals surface area contributed by atoms with Gasteiger partial charge in [0.15, 0.2) is 22.9 Å². The zero-order valence-electron chi connectivity index (χ0n) is 17.3. The minimum Gasteiger partial charge on any atom is -0.490 e. The number of methoxy groups -OCH3 is 1. The van der Waals surface area contributed by atoms with E-state index < -0.39 is 5.97 Å². The van der Waals surface area contributed by atoms with E-state index in [4.69, 9.17) is 18.9 Å². The summed E-state index contributed by atoms with van der Waals surface area (Å²) in [5.74, 6) is 0.966. The van der Waals surface area contributed by atoms with Crippen LogP contribution in [0.15, 0.2) is 45.7 Å². The van der Waals surface area contributed by atoms with Gasteiger partial charge >= 0.3 is 5.97 Å². The molecule has 162 valence electrons. The first-order chi connectivity index (χ1) is 15.0. The fourth-order valence-electron chi connectivity index (χ4n) is 3.52. The molecular formula is C23H22BrNO6. The normalized spacial score (nSPS) is 12.2. The Morgan fingerprint density at radius 2 is 1.94 bits per heavy atom. The van der Waals surface area contributed by atoms with Crippen LogP contribution in [0.3, 0.4) is 0 Å². The molecular weight excluding hydrogens is 466 g/mol. The molecule has 0 spiro atoms. The van der Waals surface area contributed by atoms with Gasteiger partial charge in [0.25, 0.3) is 5.56 Å². The largest absolute Gasteiger partial charge is 0.490 e. The van der Waals surface area contributed by atoms with E-state index in [2.05, 4.69) is 22.9 Å². The molecule has 31 heavy (non-hydrogen) atoms. The molecule has 0 saturated carbocycles. The van der Waals surface area contributed by atoms with Gasteiger partial charge in [-0.15, -0.1) is 0 Å². The smallest absolute Gasteiger partial charge is 0.358 e. The number of hydrogen-bond donors (Lipinski definition) is 0. The molecule has 0 unspecified atom stereocenters. The Bertz CT molecular complexity index is 1200. The van der Waals surface area contributed by atoms with Crippen molar-refractivity contribution in [2.45, 2.75) is 26.3 Å². The summed E-state index contributed by atoms with van der Waals surface area (Å²) in [5.41, 5.74) is 0.572. The van der Waals surface area contributed by atoms with Crippen LogP contribution in [-0.2, 0) is 11.3 Å². The van der Waals surface area contributed by atoms with Crippen molar-refractivity contribution < 1.29 is 23.7 Å². The first kappa shape index (κ1) is 21.2. The molecule has 0 atom stereocenters. The van der Waals surface area contributed by atoms with Crippen LogP contribution >= 0.6 is 15.9 Å². The van der Waals surface area contributed by atoms with Crippen LogP contribution < -0.4 is 19.8 Å². The number of halogens is 1. The molecule has 0 fully saturated rings. The number of rotatable bonds is 7. The van der Waals surface area contributed by atoms with Crippen LogP contribution in [0.1, 0.15) is 35.8 Å². The van der Waals surface area contributed by atoms with Crippen molar-refractivity contribution in [3.05, 3.63) is 62.5 Å². The van der Waals surface area contributed by atoms with Crippen molar-refractivity contribution in [2.75, 3.05) is 20.5 Å². The SMILES string of the molecule is CCCCOc1c(C(=O)OC)n(Cc2ccc3c(c2)OCO3)c(=O)c2ccc(Br)cc12. The third-order valence-electron chi connectivity index (χ3n) is 5.09. The Morgan fingerprint density at radius 3 is 2.71 bits per heavy atom. The van der Waals surface area contributed by atoms with Crippen molar-refractivity contribution in [2.24, 2.45) is 0 Å². The Morgan fingerprint density at radius 1 is 1.13 bits per heavy atom. The summed E-state index contributed by atoms with van der Waals surface area (Å²) in [6, 6.07) is 10.7. The Balaban J connectivity index is 1.92. The lowest BCUT2D eigenvalue weighted by Gasteiger charge is -2.19. The van der Waals surface area contributed by atoms with E-state index in [0.29, 0.717) is 34.6 Å². The van der Waals surface area contributed by atoms with Gasteiger partial charge in [0.2, 0.25) is 6.79 Å². The number of benzene rings is 2. The molecule has 0 amide bonds. The number of ether oxygens (including phenoxy) is 4. The number of carbonyl (C=O) groups excluding carboxylic acids is 1.